The summed E-state index contributed by atoms with van der Waals surface area (Å²) in [5.41, 5.74) is 0.802. The van der Waals surface area contributed by atoms with Crippen LogP contribution in [0.15, 0.2) is 0 Å². The van der Waals surface area contributed by atoms with Crippen LogP contribution in [0.4, 0.5) is 0 Å². The van der Waals surface area contributed by atoms with Crippen molar-refractivity contribution in [3.63, 3.8) is 0 Å². The van der Waals surface area contributed by atoms with Gasteiger partial charge >= 0.3 is 0 Å². The summed E-state index contributed by atoms with van der Waals surface area (Å²) >= 11 is 0. The Bertz CT molecular complexity index is 290. The number of nitrogens with zero attached hydrogens (tertiary/aromatic N) is 2. The molecule has 1 heterocycles. The van der Waals surface area contributed by atoms with Gasteiger partial charge in [0, 0.05) is 38.3 Å². The zero-order chi connectivity index (χ0) is 16.3. The van der Waals surface area contributed by atoms with Crippen molar-refractivity contribution >= 4 is 0 Å². The van der Waals surface area contributed by atoms with Gasteiger partial charge in [-0.05, 0) is 50.9 Å². The summed E-state index contributed by atoms with van der Waals surface area (Å²) in [6.07, 6.45) is 2.71. The molecule has 0 bridgehead atoms. The van der Waals surface area contributed by atoms with Crippen LogP contribution < -0.4 is 0 Å². The van der Waals surface area contributed by atoms with E-state index in [1.165, 1.54) is 45.6 Å². The number of hydrogen-bond acceptors (Lipinski definition) is 2. The Kier molecular flexibility index (Phi) is 6.74. The summed E-state index contributed by atoms with van der Waals surface area (Å²) in [5, 5.41) is 0. The third-order valence-corrected chi connectivity index (χ3v) is 4.66. The van der Waals surface area contributed by atoms with Crippen molar-refractivity contribution < 1.29 is 0 Å². The SMILES string of the molecule is CC(CC(C)CC(C)(C)C)CN1CCN(C(C)(C)C)CC1. The first-order valence-electron chi connectivity index (χ1n) is 8.95. The molecule has 0 radical (unpaired) electrons. The van der Waals surface area contributed by atoms with Crippen LogP contribution in [0.2, 0.25) is 0 Å². The minimum atomic E-state index is 0.332. The number of hydrogen-bond donors (Lipinski definition) is 0. The third kappa shape index (κ3) is 7.65. The minimum Gasteiger partial charge on any atom is -0.301 e. The Labute approximate surface area is 134 Å². The van der Waals surface area contributed by atoms with E-state index in [1.54, 1.807) is 0 Å². The molecule has 1 aliphatic heterocycles. The van der Waals surface area contributed by atoms with Crippen LogP contribution in [0.3, 0.4) is 0 Å². The van der Waals surface area contributed by atoms with Crippen molar-refractivity contribution in [1.82, 2.24) is 9.80 Å². The summed E-state index contributed by atoms with van der Waals surface area (Å²) in [6, 6.07) is 0. The fraction of sp³-hybridized carbons (Fsp3) is 1.00. The Hall–Kier alpha value is -0.0800. The highest BCUT2D eigenvalue weighted by Gasteiger charge is 2.26. The van der Waals surface area contributed by atoms with E-state index in [0.29, 0.717) is 11.0 Å². The molecule has 0 N–H and O–H groups in total. The molecule has 2 heteroatoms. The lowest BCUT2D eigenvalue weighted by Gasteiger charge is -2.43. The number of rotatable bonds is 5. The van der Waals surface area contributed by atoms with Gasteiger partial charge in [0.2, 0.25) is 0 Å². The molecule has 1 saturated heterocycles. The van der Waals surface area contributed by atoms with E-state index >= 15 is 0 Å². The van der Waals surface area contributed by atoms with Gasteiger partial charge in [-0.25, -0.2) is 0 Å². The van der Waals surface area contributed by atoms with Crippen LogP contribution in [0.5, 0.6) is 0 Å². The third-order valence-electron chi connectivity index (χ3n) is 4.66. The maximum atomic E-state index is 2.68. The summed E-state index contributed by atoms with van der Waals surface area (Å²) in [7, 11) is 0. The molecule has 126 valence electrons. The van der Waals surface area contributed by atoms with Crippen LogP contribution in [-0.2, 0) is 0 Å². The van der Waals surface area contributed by atoms with E-state index in [4.69, 9.17) is 0 Å². The molecule has 1 fully saturated rings. The highest BCUT2D eigenvalue weighted by Crippen LogP contribution is 2.28. The second-order valence-electron chi connectivity index (χ2n) is 9.67. The summed E-state index contributed by atoms with van der Waals surface area (Å²) in [4.78, 5) is 5.30. The molecule has 0 amide bonds. The second kappa shape index (κ2) is 7.46. The fourth-order valence-electron chi connectivity index (χ4n) is 3.93. The topological polar surface area (TPSA) is 6.48 Å². The lowest BCUT2D eigenvalue weighted by Crippen LogP contribution is -2.53. The van der Waals surface area contributed by atoms with E-state index in [1.807, 2.05) is 0 Å². The Balaban J connectivity index is 2.29. The van der Waals surface area contributed by atoms with Crippen molar-refractivity contribution in [1.29, 1.82) is 0 Å². The molecule has 0 aromatic heterocycles. The molecule has 0 spiro atoms. The highest BCUT2D eigenvalue weighted by molar-refractivity contribution is 4.82. The zero-order valence-corrected chi connectivity index (χ0v) is 16.0. The zero-order valence-electron chi connectivity index (χ0n) is 16.0. The van der Waals surface area contributed by atoms with Crippen molar-refractivity contribution in [2.24, 2.45) is 17.3 Å². The van der Waals surface area contributed by atoms with Gasteiger partial charge < -0.3 is 4.90 Å². The quantitative estimate of drug-likeness (QED) is 0.737. The van der Waals surface area contributed by atoms with Crippen molar-refractivity contribution in [3.05, 3.63) is 0 Å². The molecular formula is C19H40N2. The van der Waals surface area contributed by atoms with Crippen LogP contribution in [-0.4, -0.2) is 48.1 Å². The van der Waals surface area contributed by atoms with Gasteiger partial charge in [-0.1, -0.05) is 34.6 Å². The molecular weight excluding hydrogens is 256 g/mol. The first-order chi connectivity index (χ1) is 9.47. The second-order valence-corrected chi connectivity index (χ2v) is 9.67. The van der Waals surface area contributed by atoms with E-state index in [2.05, 4.69) is 65.2 Å². The van der Waals surface area contributed by atoms with Gasteiger partial charge in [-0.2, -0.15) is 0 Å². The Morgan fingerprint density at radius 1 is 0.810 bits per heavy atom. The number of piperazine rings is 1. The average molecular weight is 297 g/mol. The van der Waals surface area contributed by atoms with Crippen molar-refractivity contribution in [3.8, 4) is 0 Å². The van der Waals surface area contributed by atoms with Crippen LogP contribution in [0.25, 0.3) is 0 Å². The van der Waals surface area contributed by atoms with E-state index in [0.717, 1.165) is 11.8 Å². The van der Waals surface area contributed by atoms with Gasteiger partial charge in [0.15, 0.2) is 0 Å². The standard InChI is InChI=1S/C19H40N2/c1-16(14-18(3,4)5)13-17(2)15-20-9-11-21(12-10-20)19(6,7)8/h16-17H,9-15H2,1-8H3. The summed E-state index contributed by atoms with van der Waals surface area (Å²) in [6.45, 7) is 25.2. The van der Waals surface area contributed by atoms with E-state index in [-0.39, 0.29) is 0 Å². The lowest BCUT2D eigenvalue weighted by molar-refractivity contribution is 0.0544. The monoisotopic (exact) mass is 296 g/mol. The Morgan fingerprint density at radius 2 is 1.33 bits per heavy atom. The Morgan fingerprint density at radius 3 is 1.76 bits per heavy atom. The van der Waals surface area contributed by atoms with E-state index < -0.39 is 0 Å². The summed E-state index contributed by atoms with van der Waals surface area (Å²) in [5.74, 6) is 1.67. The first-order valence-corrected chi connectivity index (χ1v) is 8.95. The van der Waals surface area contributed by atoms with Gasteiger partial charge in [0.1, 0.15) is 0 Å². The van der Waals surface area contributed by atoms with Gasteiger partial charge in [-0.15, -0.1) is 0 Å². The van der Waals surface area contributed by atoms with E-state index in [9.17, 15) is 0 Å². The molecule has 0 saturated carbocycles. The predicted octanol–water partition coefficient (Wildman–Crippen LogP) is 4.50. The van der Waals surface area contributed by atoms with Crippen LogP contribution >= 0.6 is 0 Å². The molecule has 1 aliphatic rings. The molecule has 1 rings (SSSR count). The van der Waals surface area contributed by atoms with Crippen LogP contribution in [0.1, 0.15) is 68.2 Å². The lowest BCUT2D eigenvalue weighted by atomic mass is 9.82. The molecule has 2 atom stereocenters. The molecule has 2 nitrogen and oxygen atoms in total. The van der Waals surface area contributed by atoms with Gasteiger partial charge in [0.25, 0.3) is 0 Å². The molecule has 0 aromatic rings. The first kappa shape index (κ1) is 19.0. The summed E-state index contributed by atoms with van der Waals surface area (Å²) < 4.78 is 0. The molecule has 21 heavy (non-hydrogen) atoms. The minimum absolute atomic E-state index is 0.332. The molecule has 0 aromatic carbocycles. The molecule has 0 aliphatic carbocycles. The molecule has 2 unspecified atom stereocenters. The average Bonchev–Trinajstić information content (AvgIpc) is 2.25. The maximum Gasteiger partial charge on any atom is 0.0126 e. The normalized spacial score (nSPS) is 22.3. The van der Waals surface area contributed by atoms with Crippen molar-refractivity contribution in [2.45, 2.75) is 73.8 Å². The van der Waals surface area contributed by atoms with Crippen molar-refractivity contribution in [2.75, 3.05) is 32.7 Å². The predicted molar refractivity (Wildman–Crippen MR) is 94.8 cm³/mol. The van der Waals surface area contributed by atoms with Gasteiger partial charge in [-0.3, -0.25) is 4.90 Å². The van der Waals surface area contributed by atoms with Crippen LogP contribution in [0, 0.1) is 17.3 Å². The fourth-order valence-corrected chi connectivity index (χ4v) is 3.93. The largest absolute Gasteiger partial charge is 0.301 e. The smallest absolute Gasteiger partial charge is 0.0126 e. The van der Waals surface area contributed by atoms with Gasteiger partial charge in [0.05, 0.1) is 0 Å². The maximum absolute atomic E-state index is 2.68. The highest BCUT2D eigenvalue weighted by atomic mass is 15.3.